The Morgan fingerprint density at radius 1 is 1.53 bits per heavy atom. The van der Waals surface area contributed by atoms with Gasteiger partial charge in [0, 0.05) is 24.9 Å². The normalized spacial score (nSPS) is 12.1. The molecular formula is C13H18N2OS. The molecule has 3 nitrogen and oxygen atoms in total. The van der Waals surface area contributed by atoms with Crippen molar-refractivity contribution in [3.63, 3.8) is 0 Å². The molecule has 0 aliphatic heterocycles. The summed E-state index contributed by atoms with van der Waals surface area (Å²) >= 11 is 1.77. The second kappa shape index (κ2) is 8.13. The van der Waals surface area contributed by atoms with Gasteiger partial charge in [0.05, 0.1) is 11.6 Å². The molecule has 4 heteroatoms. The van der Waals surface area contributed by atoms with Crippen LogP contribution in [0.3, 0.4) is 0 Å². The average Bonchev–Trinajstić information content (AvgIpc) is 2.37. The molecule has 0 heterocycles. The van der Waals surface area contributed by atoms with Crippen LogP contribution in [0.15, 0.2) is 24.3 Å². The maximum absolute atomic E-state index is 8.95. The number of hydrogen-bond acceptors (Lipinski definition) is 4. The Labute approximate surface area is 107 Å². The zero-order valence-electron chi connectivity index (χ0n) is 10.0. The number of aliphatic hydroxyl groups is 1. The molecule has 0 bridgehead atoms. The molecule has 0 amide bonds. The Morgan fingerprint density at radius 3 is 3.00 bits per heavy atom. The molecule has 1 unspecified atom stereocenters. The number of rotatable bonds is 7. The second-order valence-corrected chi connectivity index (χ2v) is 4.77. The number of nitrogens with one attached hydrogen (secondary N) is 1. The summed E-state index contributed by atoms with van der Waals surface area (Å²) in [6, 6.07) is 10.0. The van der Waals surface area contributed by atoms with Crippen molar-refractivity contribution >= 4 is 11.8 Å². The van der Waals surface area contributed by atoms with Crippen LogP contribution in [0.5, 0.6) is 0 Å². The highest BCUT2D eigenvalue weighted by molar-refractivity contribution is 7.98. The maximum Gasteiger partial charge on any atom is 0.0991 e. The van der Waals surface area contributed by atoms with Gasteiger partial charge in [-0.1, -0.05) is 12.1 Å². The number of hydrogen-bond donors (Lipinski definition) is 2. The van der Waals surface area contributed by atoms with Crippen molar-refractivity contribution in [3.8, 4) is 6.07 Å². The lowest BCUT2D eigenvalue weighted by Gasteiger charge is -2.16. The zero-order valence-corrected chi connectivity index (χ0v) is 10.8. The van der Waals surface area contributed by atoms with Crippen LogP contribution in [0.2, 0.25) is 0 Å². The van der Waals surface area contributed by atoms with Crippen LogP contribution in [0.25, 0.3) is 0 Å². The molecule has 17 heavy (non-hydrogen) atoms. The van der Waals surface area contributed by atoms with E-state index < -0.39 is 0 Å². The highest BCUT2D eigenvalue weighted by Crippen LogP contribution is 2.06. The molecule has 1 atom stereocenters. The van der Waals surface area contributed by atoms with Crippen LogP contribution < -0.4 is 5.32 Å². The minimum absolute atomic E-state index is 0.205. The van der Waals surface area contributed by atoms with Gasteiger partial charge in [0.1, 0.15) is 0 Å². The lowest BCUT2D eigenvalue weighted by molar-refractivity contribution is 0.270. The van der Waals surface area contributed by atoms with Gasteiger partial charge in [-0.15, -0.1) is 0 Å². The van der Waals surface area contributed by atoms with Gasteiger partial charge in [0.15, 0.2) is 0 Å². The topological polar surface area (TPSA) is 56.0 Å². The first-order chi connectivity index (χ1) is 8.30. The summed E-state index contributed by atoms with van der Waals surface area (Å²) in [5, 5.41) is 21.2. The molecule has 0 aliphatic carbocycles. The van der Waals surface area contributed by atoms with E-state index in [0.29, 0.717) is 11.6 Å². The quantitative estimate of drug-likeness (QED) is 0.774. The predicted octanol–water partition coefficient (Wildman–Crippen LogP) is 1.76. The third-order valence-electron chi connectivity index (χ3n) is 2.50. The molecule has 0 aromatic heterocycles. The van der Waals surface area contributed by atoms with Crippen LogP contribution >= 0.6 is 11.8 Å². The van der Waals surface area contributed by atoms with Gasteiger partial charge in [0.2, 0.25) is 0 Å². The van der Waals surface area contributed by atoms with E-state index in [1.165, 1.54) is 0 Å². The molecule has 1 rings (SSSR count). The molecule has 0 radical (unpaired) electrons. The smallest absolute Gasteiger partial charge is 0.0991 e. The summed E-state index contributed by atoms with van der Waals surface area (Å²) in [5.74, 6) is 0.985. The van der Waals surface area contributed by atoms with Crippen molar-refractivity contribution in [2.24, 2.45) is 0 Å². The molecular weight excluding hydrogens is 232 g/mol. The van der Waals surface area contributed by atoms with Gasteiger partial charge in [-0.3, -0.25) is 0 Å². The minimum Gasteiger partial charge on any atom is -0.396 e. The van der Waals surface area contributed by atoms with Crippen molar-refractivity contribution < 1.29 is 5.11 Å². The largest absolute Gasteiger partial charge is 0.396 e. The summed E-state index contributed by atoms with van der Waals surface area (Å²) in [7, 11) is 0. The van der Waals surface area contributed by atoms with Crippen LogP contribution in [0, 0.1) is 11.3 Å². The third kappa shape index (κ3) is 5.22. The van der Waals surface area contributed by atoms with Gasteiger partial charge in [-0.25, -0.2) is 0 Å². The Hall–Kier alpha value is -1.02. The Bertz CT molecular complexity index is 370. The monoisotopic (exact) mass is 250 g/mol. The van der Waals surface area contributed by atoms with Gasteiger partial charge < -0.3 is 10.4 Å². The van der Waals surface area contributed by atoms with E-state index in [1.807, 2.05) is 18.2 Å². The fourth-order valence-electron chi connectivity index (χ4n) is 1.61. The predicted molar refractivity (Wildman–Crippen MR) is 71.9 cm³/mol. The van der Waals surface area contributed by atoms with E-state index in [-0.39, 0.29) is 6.61 Å². The highest BCUT2D eigenvalue weighted by Gasteiger charge is 2.06. The van der Waals surface area contributed by atoms with Gasteiger partial charge in [0.25, 0.3) is 0 Å². The second-order valence-electron chi connectivity index (χ2n) is 3.86. The lowest BCUT2D eigenvalue weighted by Crippen LogP contribution is -2.31. The van der Waals surface area contributed by atoms with Gasteiger partial charge >= 0.3 is 0 Å². The maximum atomic E-state index is 8.95. The number of nitrogens with zero attached hydrogens (tertiary/aromatic N) is 1. The summed E-state index contributed by atoms with van der Waals surface area (Å²) in [6.07, 6.45) is 2.82. The van der Waals surface area contributed by atoms with E-state index in [2.05, 4.69) is 17.6 Å². The first-order valence-corrected chi connectivity index (χ1v) is 7.01. The molecule has 92 valence electrons. The van der Waals surface area contributed by atoms with Crippen molar-refractivity contribution in [3.05, 3.63) is 35.4 Å². The Balaban J connectivity index is 2.49. The molecule has 0 aliphatic rings. The summed E-state index contributed by atoms with van der Waals surface area (Å²) in [6.45, 7) is 0.942. The number of aliphatic hydroxyl groups excluding tert-OH is 1. The van der Waals surface area contributed by atoms with Crippen molar-refractivity contribution in [1.82, 2.24) is 5.32 Å². The van der Waals surface area contributed by atoms with Crippen molar-refractivity contribution in [2.75, 3.05) is 18.6 Å². The first kappa shape index (κ1) is 14.0. The van der Waals surface area contributed by atoms with Crippen LogP contribution in [-0.4, -0.2) is 29.8 Å². The standard InChI is InChI=1S/C13H18N2OS/c1-17-10-13(5-6-16)15-9-12-4-2-3-11(7-12)8-14/h2-4,7,13,15-16H,5-6,9-10H2,1H3. The van der Waals surface area contributed by atoms with E-state index in [0.717, 1.165) is 24.3 Å². The third-order valence-corrected chi connectivity index (χ3v) is 3.23. The summed E-state index contributed by atoms with van der Waals surface area (Å²) < 4.78 is 0. The fourth-order valence-corrected chi connectivity index (χ4v) is 2.30. The number of benzene rings is 1. The van der Waals surface area contributed by atoms with E-state index in [9.17, 15) is 0 Å². The van der Waals surface area contributed by atoms with Gasteiger partial charge in [-0.2, -0.15) is 17.0 Å². The highest BCUT2D eigenvalue weighted by atomic mass is 32.2. The Kier molecular flexibility index (Phi) is 6.71. The first-order valence-electron chi connectivity index (χ1n) is 5.62. The number of thioether (sulfide) groups is 1. The van der Waals surface area contributed by atoms with Crippen LogP contribution in [-0.2, 0) is 6.54 Å². The van der Waals surface area contributed by atoms with E-state index >= 15 is 0 Å². The molecule has 2 N–H and O–H groups in total. The molecule has 1 aromatic rings. The molecule has 0 saturated heterocycles. The van der Waals surface area contributed by atoms with Crippen LogP contribution in [0.4, 0.5) is 0 Å². The SMILES string of the molecule is CSCC(CCO)NCc1cccc(C#N)c1. The molecule has 0 saturated carbocycles. The van der Waals surface area contributed by atoms with E-state index in [1.54, 1.807) is 17.8 Å². The summed E-state index contributed by atoms with van der Waals surface area (Å²) in [5.41, 5.74) is 1.79. The van der Waals surface area contributed by atoms with Crippen LogP contribution in [0.1, 0.15) is 17.5 Å². The lowest BCUT2D eigenvalue weighted by atomic mass is 10.1. The fraction of sp³-hybridized carbons (Fsp3) is 0.462. The van der Waals surface area contributed by atoms with Crippen molar-refractivity contribution in [1.29, 1.82) is 5.26 Å². The number of nitriles is 1. The van der Waals surface area contributed by atoms with E-state index in [4.69, 9.17) is 10.4 Å². The average molecular weight is 250 g/mol. The van der Waals surface area contributed by atoms with Gasteiger partial charge in [-0.05, 0) is 30.4 Å². The molecule has 0 fully saturated rings. The Morgan fingerprint density at radius 2 is 2.35 bits per heavy atom. The summed E-state index contributed by atoms with van der Waals surface area (Å²) in [4.78, 5) is 0. The molecule has 0 spiro atoms. The minimum atomic E-state index is 0.205. The van der Waals surface area contributed by atoms with Crippen molar-refractivity contribution in [2.45, 2.75) is 19.0 Å². The zero-order chi connectivity index (χ0) is 12.5. The molecule has 1 aromatic carbocycles.